The van der Waals surface area contributed by atoms with Crippen LogP contribution in [0.5, 0.6) is 11.5 Å². The summed E-state index contributed by atoms with van der Waals surface area (Å²) in [6.45, 7) is 0. The number of carboxylic acids is 1. The lowest BCUT2D eigenvalue weighted by molar-refractivity contribution is -0.113. The van der Waals surface area contributed by atoms with E-state index in [1.807, 2.05) is 6.07 Å². The Balaban J connectivity index is 1.91. The monoisotopic (exact) mass is 398 g/mol. The predicted molar refractivity (Wildman–Crippen MR) is 109 cm³/mol. The molecule has 0 saturated heterocycles. The number of amides is 1. The van der Waals surface area contributed by atoms with Gasteiger partial charge in [0.1, 0.15) is 0 Å². The summed E-state index contributed by atoms with van der Waals surface area (Å²) in [4.78, 5) is 29.9. The smallest absolute Gasteiger partial charge is 0.337 e. The SMILES string of the molecule is COc1cccc(/C=C2\SC(N(C)c3ccccc3C(=O)O)=NC2=O)c1OC. The van der Waals surface area contributed by atoms with E-state index in [4.69, 9.17) is 9.47 Å². The van der Waals surface area contributed by atoms with Crippen molar-refractivity contribution in [2.24, 2.45) is 4.99 Å². The first-order chi connectivity index (χ1) is 13.5. The van der Waals surface area contributed by atoms with Gasteiger partial charge >= 0.3 is 5.97 Å². The Morgan fingerprint density at radius 3 is 2.57 bits per heavy atom. The second kappa shape index (κ2) is 8.18. The zero-order valence-corrected chi connectivity index (χ0v) is 16.3. The number of hydrogen-bond acceptors (Lipinski definition) is 6. The summed E-state index contributed by atoms with van der Waals surface area (Å²) in [5, 5.41) is 9.78. The standard InChI is InChI=1S/C20H18N2O5S/c1-22(14-9-5-4-8-13(14)19(24)25)20-21-18(23)16(28-20)11-12-7-6-10-15(26-2)17(12)27-3/h4-11H,1-3H3,(H,24,25)/b16-11-. The minimum Gasteiger partial charge on any atom is -0.493 e. The maximum absolute atomic E-state index is 12.4. The normalized spacial score (nSPS) is 14.8. The number of rotatable bonds is 5. The van der Waals surface area contributed by atoms with Crippen LogP contribution in [-0.4, -0.2) is 43.4 Å². The molecule has 2 aromatic carbocycles. The summed E-state index contributed by atoms with van der Waals surface area (Å²) in [5.74, 6) is -0.372. The number of nitrogens with zero attached hydrogens (tertiary/aromatic N) is 2. The summed E-state index contributed by atoms with van der Waals surface area (Å²) in [7, 11) is 4.75. The number of amidine groups is 1. The number of benzene rings is 2. The molecule has 0 radical (unpaired) electrons. The summed E-state index contributed by atoms with van der Waals surface area (Å²) >= 11 is 1.17. The maximum Gasteiger partial charge on any atom is 0.337 e. The Bertz CT molecular complexity index is 1000. The van der Waals surface area contributed by atoms with Gasteiger partial charge in [0.05, 0.1) is 30.4 Å². The number of thioether (sulfide) groups is 1. The molecule has 1 aliphatic heterocycles. The number of aliphatic imine (C=N–C) groups is 1. The van der Waals surface area contributed by atoms with E-state index < -0.39 is 11.9 Å². The number of para-hydroxylation sites is 2. The molecule has 0 aromatic heterocycles. The minimum atomic E-state index is -1.05. The van der Waals surface area contributed by atoms with Crippen molar-refractivity contribution < 1.29 is 24.2 Å². The van der Waals surface area contributed by atoms with Crippen molar-refractivity contribution in [3.8, 4) is 11.5 Å². The van der Waals surface area contributed by atoms with Gasteiger partial charge < -0.3 is 19.5 Å². The highest BCUT2D eigenvalue weighted by molar-refractivity contribution is 8.18. The fraction of sp³-hybridized carbons (Fsp3) is 0.150. The van der Waals surface area contributed by atoms with Crippen molar-refractivity contribution in [1.82, 2.24) is 0 Å². The van der Waals surface area contributed by atoms with Crippen molar-refractivity contribution in [2.45, 2.75) is 0 Å². The van der Waals surface area contributed by atoms with Crippen LogP contribution in [-0.2, 0) is 4.79 Å². The molecule has 8 heteroatoms. The van der Waals surface area contributed by atoms with E-state index in [9.17, 15) is 14.7 Å². The van der Waals surface area contributed by atoms with E-state index in [2.05, 4.69) is 4.99 Å². The molecule has 1 N–H and O–H groups in total. The van der Waals surface area contributed by atoms with Gasteiger partial charge in [0, 0.05) is 12.6 Å². The van der Waals surface area contributed by atoms with Crippen LogP contribution >= 0.6 is 11.8 Å². The molecule has 0 unspecified atom stereocenters. The predicted octanol–water partition coefficient (Wildman–Crippen LogP) is 3.51. The second-order valence-electron chi connectivity index (χ2n) is 5.77. The molecule has 0 fully saturated rings. The van der Waals surface area contributed by atoms with E-state index in [0.29, 0.717) is 32.8 Å². The van der Waals surface area contributed by atoms with Crippen LogP contribution in [0.1, 0.15) is 15.9 Å². The third-order valence-corrected chi connectivity index (χ3v) is 5.17. The van der Waals surface area contributed by atoms with E-state index in [0.717, 1.165) is 0 Å². The maximum atomic E-state index is 12.4. The van der Waals surface area contributed by atoms with E-state index >= 15 is 0 Å². The Labute approximate surface area is 166 Å². The average molecular weight is 398 g/mol. The Morgan fingerprint density at radius 2 is 1.89 bits per heavy atom. The number of carbonyl (C=O) groups is 2. The Hall–Kier alpha value is -3.26. The highest BCUT2D eigenvalue weighted by Crippen LogP contribution is 2.37. The van der Waals surface area contributed by atoms with Gasteiger partial charge in [0.15, 0.2) is 16.7 Å². The number of ether oxygens (including phenoxy) is 2. The Kier molecular flexibility index (Phi) is 5.70. The topological polar surface area (TPSA) is 88.4 Å². The molecule has 144 valence electrons. The van der Waals surface area contributed by atoms with Gasteiger partial charge in [-0.2, -0.15) is 4.99 Å². The molecule has 0 atom stereocenters. The lowest BCUT2D eigenvalue weighted by Crippen LogP contribution is -2.24. The molecule has 0 bridgehead atoms. The van der Waals surface area contributed by atoms with Gasteiger partial charge in [-0.05, 0) is 36.0 Å². The molecular weight excluding hydrogens is 380 g/mol. The second-order valence-corrected chi connectivity index (χ2v) is 6.78. The molecule has 0 saturated carbocycles. The van der Waals surface area contributed by atoms with Crippen molar-refractivity contribution in [3.05, 3.63) is 58.5 Å². The van der Waals surface area contributed by atoms with Gasteiger partial charge in [-0.3, -0.25) is 4.79 Å². The van der Waals surface area contributed by atoms with Crippen LogP contribution in [0.2, 0.25) is 0 Å². The zero-order valence-electron chi connectivity index (χ0n) is 15.5. The van der Waals surface area contributed by atoms with E-state index in [-0.39, 0.29) is 5.56 Å². The molecule has 1 aliphatic rings. The van der Waals surface area contributed by atoms with Crippen molar-refractivity contribution in [2.75, 3.05) is 26.2 Å². The number of hydrogen-bond donors (Lipinski definition) is 1. The van der Waals surface area contributed by atoms with E-state index in [1.165, 1.54) is 24.9 Å². The van der Waals surface area contributed by atoms with Crippen LogP contribution in [0.15, 0.2) is 52.4 Å². The third-order valence-electron chi connectivity index (χ3n) is 4.11. The summed E-state index contributed by atoms with van der Waals surface area (Å²) in [5.41, 5.74) is 1.27. The quantitative estimate of drug-likeness (QED) is 0.771. The largest absolute Gasteiger partial charge is 0.493 e. The highest BCUT2D eigenvalue weighted by Gasteiger charge is 2.27. The van der Waals surface area contributed by atoms with Gasteiger partial charge in [0.2, 0.25) is 0 Å². The van der Waals surface area contributed by atoms with Crippen molar-refractivity contribution in [1.29, 1.82) is 0 Å². The summed E-state index contributed by atoms with van der Waals surface area (Å²) in [6.07, 6.45) is 1.68. The fourth-order valence-electron chi connectivity index (χ4n) is 2.76. The number of anilines is 1. The molecule has 28 heavy (non-hydrogen) atoms. The van der Waals surface area contributed by atoms with Crippen molar-refractivity contribution in [3.63, 3.8) is 0 Å². The van der Waals surface area contributed by atoms with Crippen LogP contribution in [0.3, 0.4) is 0 Å². The van der Waals surface area contributed by atoms with Gasteiger partial charge in [-0.25, -0.2) is 4.79 Å². The van der Waals surface area contributed by atoms with Gasteiger partial charge in [-0.15, -0.1) is 0 Å². The number of carbonyl (C=O) groups excluding carboxylic acids is 1. The lowest BCUT2D eigenvalue weighted by Gasteiger charge is -2.19. The summed E-state index contributed by atoms with van der Waals surface area (Å²) < 4.78 is 10.7. The Morgan fingerprint density at radius 1 is 1.14 bits per heavy atom. The first-order valence-electron chi connectivity index (χ1n) is 8.26. The van der Waals surface area contributed by atoms with E-state index in [1.54, 1.807) is 55.5 Å². The van der Waals surface area contributed by atoms with Crippen LogP contribution in [0, 0.1) is 0 Å². The van der Waals surface area contributed by atoms with Gasteiger partial charge in [0.25, 0.3) is 5.91 Å². The molecule has 7 nitrogen and oxygen atoms in total. The first-order valence-corrected chi connectivity index (χ1v) is 9.07. The average Bonchev–Trinajstić information content (AvgIpc) is 3.07. The number of carboxylic acid groups (broad SMARTS) is 1. The summed E-state index contributed by atoms with van der Waals surface area (Å²) in [6, 6.07) is 11.9. The molecule has 0 aliphatic carbocycles. The number of aromatic carboxylic acids is 1. The third kappa shape index (κ3) is 3.72. The molecule has 1 amide bonds. The molecule has 2 aromatic rings. The molecule has 1 heterocycles. The minimum absolute atomic E-state index is 0.132. The lowest BCUT2D eigenvalue weighted by atomic mass is 10.1. The van der Waals surface area contributed by atoms with Crippen LogP contribution < -0.4 is 14.4 Å². The molecule has 3 rings (SSSR count). The highest BCUT2D eigenvalue weighted by atomic mass is 32.2. The number of methoxy groups -OCH3 is 2. The van der Waals surface area contributed by atoms with Crippen molar-refractivity contribution >= 4 is 40.6 Å². The molecular formula is C20H18N2O5S. The zero-order chi connectivity index (χ0) is 20.3. The van der Waals surface area contributed by atoms with Crippen LogP contribution in [0.25, 0.3) is 6.08 Å². The van der Waals surface area contributed by atoms with Gasteiger partial charge in [-0.1, -0.05) is 24.3 Å². The first kappa shape index (κ1) is 19.5. The fourth-order valence-corrected chi connectivity index (χ4v) is 3.64. The molecule has 0 spiro atoms. The van der Waals surface area contributed by atoms with Crippen LogP contribution in [0.4, 0.5) is 5.69 Å².